The predicted molar refractivity (Wildman–Crippen MR) is 91.0 cm³/mol. The van der Waals surface area contributed by atoms with Gasteiger partial charge in [-0.2, -0.15) is 0 Å². The first-order valence-corrected chi connectivity index (χ1v) is 7.60. The van der Waals surface area contributed by atoms with E-state index in [0.717, 1.165) is 11.1 Å². The van der Waals surface area contributed by atoms with E-state index in [4.69, 9.17) is 11.6 Å². The zero-order valence-corrected chi connectivity index (χ0v) is 13.7. The van der Waals surface area contributed by atoms with Crippen molar-refractivity contribution < 1.29 is 9.72 Å². The van der Waals surface area contributed by atoms with Crippen molar-refractivity contribution in [2.24, 2.45) is 0 Å². The average Bonchev–Trinajstić information content (AvgIpc) is 2.51. The molecule has 0 aliphatic carbocycles. The molecule has 0 bridgehead atoms. The molecule has 120 valence electrons. The number of nitro benzene ring substituents is 1. The minimum Gasteiger partial charge on any atom is -0.325 e. The molecule has 1 amide bonds. The fourth-order valence-corrected chi connectivity index (χ4v) is 2.50. The van der Waals surface area contributed by atoms with Gasteiger partial charge in [-0.3, -0.25) is 14.9 Å². The molecule has 0 aromatic heterocycles. The molecule has 2 rings (SSSR count). The van der Waals surface area contributed by atoms with E-state index in [1.54, 1.807) is 31.2 Å². The Bertz CT molecular complexity index is 742. The Morgan fingerprint density at radius 2 is 1.91 bits per heavy atom. The molecule has 0 saturated heterocycles. The fourth-order valence-electron chi connectivity index (χ4n) is 2.37. The Hall–Kier alpha value is -2.40. The van der Waals surface area contributed by atoms with Crippen LogP contribution in [0.5, 0.6) is 0 Å². The number of hydrogen-bond acceptors (Lipinski definition) is 3. The largest absolute Gasteiger partial charge is 0.325 e. The van der Waals surface area contributed by atoms with Gasteiger partial charge in [0.1, 0.15) is 0 Å². The Balaban J connectivity index is 2.20. The van der Waals surface area contributed by atoms with E-state index in [1.807, 2.05) is 6.92 Å². The lowest BCUT2D eigenvalue weighted by atomic mass is 10.0. The van der Waals surface area contributed by atoms with E-state index in [0.29, 0.717) is 22.7 Å². The van der Waals surface area contributed by atoms with Gasteiger partial charge in [-0.15, -0.1) is 0 Å². The lowest BCUT2D eigenvalue weighted by Gasteiger charge is -2.13. The van der Waals surface area contributed by atoms with Crippen LogP contribution in [0.2, 0.25) is 5.02 Å². The number of halogens is 1. The Kier molecular flexibility index (Phi) is 5.34. The highest BCUT2D eigenvalue weighted by Crippen LogP contribution is 2.27. The molecule has 6 heteroatoms. The molecule has 0 spiro atoms. The second kappa shape index (κ2) is 7.24. The van der Waals surface area contributed by atoms with Crippen LogP contribution in [0.3, 0.4) is 0 Å². The molecular weight excluding hydrogens is 316 g/mol. The average molecular weight is 333 g/mol. The van der Waals surface area contributed by atoms with E-state index in [-0.39, 0.29) is 18.0 Å². The van der Waals surface area contributed by atoms with Crippen molar-refractivity contribution in [3.63, 3.8) is 0 Å². The molecule has 5 nitrogen and oxygen atoms in total. The van der Waals surface area contributed by atoms with Gasteiger partial charge in [0.2, 0.25) is 5.91 Å². The van der Waals surface area contributed by atoms with E-state index >= 15 is 0 Å². The lowest BCUT2D eigenvalue weighted by molar-refractivity contribution is -0.384. The number of nitrogens with one attached hydrogen (secondary N) is 1. The van der Waals surface area contributed by atoms with Gasteiger partial charge in [-0.25, -0.2) is 0 Å². The van der Waals surface area contributed by atoms with Gasteiger partial charge in [-0.05, 0) is 42.2 Å². The first-order chi connectivity index (χ1) is 10.9. The van der Waals surface area contributed by atoms with Gasteiger partial charge in [0, 0.05) is 22.8 Å². The maximum absolute atomic E-state index is 12.2. The van der Waals surface area contributed by atoms with Crippen molar-refractivity contribution >= 4 is 28.9 Å². The maximum Gasteiger partial charge on any atom is 0.270 e. The monoisotopic (exact) mass is 332 g/mol. The van der Waals surface area contributed by atoms with Gasteiger partial charge in [0.15, 0.2) is 0 Å². The Morgan fingerprint density at radius 3 is 2.48 bits per heavy atom. The number of rotatable bonds is 5. The molecule has 0 saturated carbocycles. The smallest absolute Gasteiger partial charge is 0.270 e. The van der Waals surface area contributed by atoms with Crippen molar-refractivity contribution in [3.05, 3.63) is 68.2 Å². The normalized spacial score (nSPS) is 10.4. The van der Waals surface area contributed by atoms with Gasteiger partial charge in [-0.1, -0.05) is 30.7 Å². The van der Waals surface area contributed by atoms with E-state index in [9.17, 15) is 14.9 Å². The number of carbonyl (C=O) groups is 1. The summed E-state index contributed by atoms with van der Waals surface area (Å²) in [4.78, 5) is 22.7. The summed E-state index contributed by atoms with van der Waals surface area (Å²) in [6, 6.07) is 10.0. The molecule has 23 heavy (non-hydrogen) atoms. The van der Waals surface area contributed by atoms with Crippen LogP contribution in [0.1, 0.15) is 23.6 Å². The molecule has 2 aromatic carbocycles. The molecule has 0 atom stereocenters. The molecule has 1 N–H and O–H groups in total. The summed E-state index contributed by atoms with van der Waals surface area (Å²) in [5.74, 6) is -0.168. The van der Waals surface area contributed by atoms with Crippen molar-refractivity contribution in [3.8, 4) is 0 Å². The predicted octanol–water partition coefficient (Wildman–Crippen LogP) is 4.30. The molecule has 0 aliphatic rings. The highest BCUT2D eigenvalue weighted by molar-refractivity contribution is 6.30. The second-order valence-corrected chi connectivity index (χ2v) is 5.70. The molecule has 2 aromatic rings. The molecular formula is C17H17ClN2O3. The number of nitro groups is 1. The number of carbonyl (C=O) groups excluding carboxylic acids is 1. The van der Waals surface area contributed by atoms with Crippen LogP contribution < -0.4 is 5.32 Å². The van der Waals surface area contributed by atoms with E-state index < -0.39 is 4.92 Å². The molecule has 0 radical (unpaired) electrons. The maximum atomic E-state index is 12.2. The van der Waals surface area contributed by atoms with Gasteiger partial charge in [0.05, 0.1) is 11.3 Å². The van der Waals surface area contributed by atoms with Crippen molar-refractivity contribution in [2.45, 2.75) is 26.7 Å². The number of anilines is 1. The zero-order valence-electron chi connectivity index (χ0n) is 12.9. The first-order valence-electron chi connectivity index (χ1n) is 7.23. The third-order valence-electron chi connectivity index (χ3n) is 3.54. The number of amides is 1. The van der Waals surface area contributed by atoms with Gasteiger partial charge in [0.25, 0.3) is 5.69 Å². The second-order valence-electron chi connectivity index (χ2n) is 5.26. The number of nitrogens with zero attached hydrogens (tertiary/aromatic N) is 1. The summed E-state index contributed by atoms with van der Waals surface area (Å²) < 4.78 is 0. The lowest BCUT2D eigenvalue weighted by Crippen LogP contribution is -2.16. The SMILES string of the molecule is CCc1cc([N+](=O)[O-])cc(C)c1NC(=O)Cc1ccc(Cl)cc1. The fraction of sp³-hybridized carbons (Fsp3) is 0.235. The quantitative estimate of drug-likeness (QED) is 0.655. The van der Waals surface area contributed by atoms with Crippen molar-refractivity contribution in [2.75, 3.05) is 5.32 Å². The van der Waals surface area contributed by atoms with Crippen molar-refractivity contribution in [1.29, 1.82) is 0 Å². The molecule has 0 heterocycles. The summed E-state index contributed by atoms with van der Waals surface area (Å²) in [6.45, 7) is 3.65. The Morgan fingerprint density at radius 1 is 1.26 bits per heavy atom. The van der Waals surface area contributed by atoms with E-state index in [1.165, 1.54) is 12.1 Å². The third-order valence-corrected chi connectivity index (χ3v) is 3.79. The van der Waals surface area contributed by atoms with Crippen LogP contribution in [0, 0.1) is 17.0 Å². The zero-order chi connectivity index (χ0) is 17.0. The summed E-state index contributed by atoms with van der Waals surface area (Å²) in [5.41, 5.74) is 2.97. The summed E-state index contributed by atoms with van der Waals surface area (Å²) >= 11 is 5.82. The third kappa shape index (κ3) is 4.29. The number of hydrogen-bond donors (Lipinski definition) is 1. The van der Waals surface area contributed by atoms with Crippen LogP contribution in [-0.4, -0.2) is 10.8 Å². The summed E-state index contributed by atoms with van der Waals surface area (Å²) in [6.07, 6.45) is 0.815. The highest BCUT2D eigenvalue weighted by Gasteiger charge is 2.15. The number of benzene rings is 2. The molecule has 0 fully saturated rings. The molecule has 0 aliphatic heterocycles. The van der Waals surface area contributed by atoms with Crippen LogP contribution in [0.15, 0.2) is 36.4 Å². The number of non-ortho nitro benzene ring substituents is 1. The number of aryl methyl sites for hydroxylation is 2. The van der Waals surface area contributed by atoms with Crippen LogP contribution in [0.25, 0.3) is 0 Å². The standard InChI is InChI=1S/C17H17ClN2O3/c1-3-13-10-15(20(22)23)8-11(2)17(13)19-16(21)9-12-4-6-14(18)7-5-12/h4-8,10H,3,9H2,1-2H3,(H,19,21). The van der Waals surface area contributed by atoms with Gasteiger partial charge >= 0.3 is 0 Å². The first kappa shape index (κ1) is 17.0. The summed E-state index contributed by atoms with van der Waals surface area (Å²) in [7, 11) is 0. The van der Waals surface area contributed by atoms with Crippen molar-refractivity contribution in [1.82, 2.24) is 0 Å². The highest BCUT2D eigenvalue weighted by atomic mass is 35.5. The Labute approximate surface area is 139 Å². The van der Waals surface area contributed by atoms with Crippen LogP contribution in [0.4, 0.5) is 11.4 Å². The minimum absolute atomic E-state index is 0.0371. The minimum atomic E-state index is -0.425. The van der Waals surface area contributed by atoms with Gasteiger partial charge < -0.3 is 5.32 Å². The van der Waals surface area contributed by atoms with Crippen LogP contribution in [-0.2, 0) is 17.6 Å². The van der Waals surface area contributed by atoms with E-state index in [2.05, 4.69) is 5.32 Å². The molecule has 0 unspecified atom stereocenters. The topological polar surface area (TPSA) is 72.2 Å². The van der Waals surface area contributed by atoms with Crippen LogP contribution >= 0.6 is 11.6 Å². The summed E-state index contributed by atoms with van der Waals surface area (Å²) in [5, 5.41) is 14.4.